The molecule has 1 amide bonds. The number of carbonyl (C=O) groups is 1. The predicted molar refractivity (Wildman–Crippen MR) is 118 cm³/mol. The second-order valence-corrected chi connectivity index (χ2v) is 9.06. The predicted octanol–water partition coefficient (Wildman–Crippen LogP) is 4.91. The Morgan fingerprint density at radius 2 is 1.90 bits per heavy atom. The number of amides is 1. The molecule has 0 saturated heterocycles. The smallest absolute Gasteiger partial charge is 0.263 e. The fourth-order valence-corrected chi connectivity index (χ4v) is 3.67. The summed E-state index contributed by atoms with van der Waals surface area (Å²) in [6.45, 7) is 8.62. The molecule has 7 heteroatoms. The molecule has 0 spiro atoms. The number of hydrogen-bond acceptors (Lipinski definition) is 6. The molecule has 3 aromatic rings. The van der Waals surface area contributed by atoms with Crippen LogP contribution in [0.25, 0.3) is 0 Å². The molecule has 3 rings (SSSR count). The Hall–Kier alpha value is -2.93. The molecule has 158 valence electrons. The summed E-state index contributed by atoms with van der Waals surface area (Å²) in [5.41, 5.74) is 1.88. The number of aromatic nitrogens is 2. The van der Waals surface area contributed by atoms with E-state index in [0.29, 0.717) is 23.0 Å². The molecule has 1 atom stereocenters. The van der Waals surface area contributed by atoms with Crippen molar-refractivity contribution >= 4 is 17.2 Å². The number of carbonyl (C=O) groups excluding carboxylic acids is 1. The maximum absolute atomic E-state index is 12.6. The van der Waals surface area contributed by atoms with Crippen molar-refractivity contribution in [2.24, 2.45) is 0 Å². The zero-order valence-electron chi connectivity index (χ0n) is 17.9. The summed E-state index contributed by atoms with van der Waals surface area (Å²) in [7, 11) is 1.60. The summed E-state index contributed by atoms with van der Waals surface area (Å²) in [6, 6.07) is 9.30. The third-order valence-corrected chi connectivity index (χ3v) is 5.97. The van der Waals surface area contributed by atoms with Gasteiger partial charge in [0.2, 0.25) is 0 Å². The number of benzene rings is 1. The highest BCUT2D eigenvalue weighted by Crippen LogP contribution is 2.31. The van der Waals surface area contributed by atoms with Crippen LogP contribution in [0.1, 0.15) is 59.5 Å². The molecule has 0 fully saturated rings. The van der Waals surface area contributed by atoms with Gasteiger partial charge in [0.25, 0.3) is 5.91 Å². The van der Waals surface area contributed by atoms with Crippen LogP contribution in [0.4, 0.5) is 0 Å². The molecule has 0 bridgehead atoms. The van der Waals surface area contributed by atoms with Gasteiger partial charge in [0.05, 0.1) is 24.4 Å². The van der Waals surface area contributed by atoms with Crippen molar-refractivity contribution in [2.75, 3.05) is 7.11 Å². The Bertz CT molecular complexity index is 996. The number of rotatable bonds is 7. The van der Waals surface area contributed by atoms with Crippen LogP contribution in [-0.4, -0.2) is 23.0 Å². The van der Waals surface area contributed by atoms with Gasteiger partial charge >= 0.3 is 0 Å². The number of methoxy groups -OCH3 is 1. The third kappa shape index (κ3) is 5.36. The van der Waals surface area contributed by atoms with Crippen molar-refractivity contribution in [3.05, 3.63) is 69.9 Å². The van der Waals surface area contributed by atoms with Crippen LogP contribution in [0.3, 0.4) is 0 Å². The van der Waals surface area contributed by atoms with E-state index >= 15 is 0 Å². The number of pyridine rings is 1. The summed E-state index contributed by atoms with van der Waals surface area (Å²) < 4.78 is 11.4. The second-order valence-electron chi connectivity index (χ2n) is 8.03. The molecule has 0 aliphatic rings. The summed E-state index contributed by atoms with van der Waals surface area (Å²) in [4.78, 5) is 21.7. The highest BCUT2D eigenvalue weighted by molar-refractivity contribution is 7.13. The Balaban J connectivity index is 1.67. The monoisotopic (exact) mass is 425 g/mol. The van der Waals surface area contributed by atoms with E-state index in [1.807, 2.05) is 37.3 Å². The van der Waals surface area contributed by atoms with Gasteiger partial charge in [0, 0.05) is 17.8 Å². The Morgan fingerprint density at radius 1 is 1.17 bits per heavy atom. The number of ether oxygens (including phenoxy) is 2. The molecule has 1 aromatic carbocycles. The molecule has 0 radical (unpaired) electrons. The first kappa shape index (κ1) is 21.8. The maximum atomic E-state index is 12.6. The van der Waals surface area contributed by atoms with E-state index < -0.39 is 0 Å². The molecule has 1 unspecified atom stereocenters. The largest absolute Gasteiger partial charge is 0.493 e. The third-order valence-electron chi connectivity index (χ3n) is 4.55. The minimum atomic E-state index is -0.194. The van der Waals surface area contributed by atoms with Crippen molar-refractivity contribution in [3.63, 3.8) is 0 Å². The first-order valence-corrected chi connectivity index (χ1v) is 10.6. The molecular formula is C23H27N3O3S. The molecule has 30 heavy (non-hydrogen) atoms. The van der Waals surface area contributed by atoms with Crippen LogP contribution in [0.15, 0.2) is 48.9 Å². The average Bonchev–Trinajstić information content (AvgIpc) is 3.24. The fourth-order valence-electron chi connectivity index (χ4n) is 2.79. The van der Waals surface area contributed by atoms with E-state index in [2.05, 4.69) is 36.1 Å². The van der Waals surface area contributed by atoms with Crippen LogP contribution >= 0.6 is 11.3 Å². The minimum Gasteiger partial charge on any atom is -0.493 e. The first-order chi connectivity index (χ1) is 14.3. The van der Waals surface area contributed by atoms with Crippen molar-refractivity contribution in [1.29, 1.82) is 0 Å². The molecule has 2 heterocycles. The maximum Gasteiger partial charge on any atom is 0.263 e. The Labute approximate surface area is 181 Å². The van der Waals surface area contributed by atoms with E-state index in [-0.39, 0.29) is 17.4 Å². The van der Waals surface area contributed by atoms with Gasteiger partial charge in [-0.25, -0.2) is 4.98 Å². The lowest BCUT2D eigenvalue weighted by atomic mass is 9.98. The quantitative estimate of drug-likeness (QED) is 0.582. The van der Waals surface area contributed by atoms with Crippen LogP contribution in [0, 0.1) is 0 Å². The lowest BCUT2D eigenvalue weighted by Crippen LogP contribution is -2.25. The van der Waals surface area contributed by atoms with Gasteiger partial charge in [-0.05, 0) is 42.3 Å². The summed E-state index contributed by atoms with van der Waals surface area (Å²) in [5.74, 6) is 1.14. The average molecular weight is 426 g/mol. The fraction of sp³-hybridized carbons (Fsp3) is 0.348. The highest BCUT2D eigenvalue weighted by Gasteiger charge is 2.21. The van der Waals surface area contributed by atoms with Crippen molar-refractivity contribution in [2.45, 2.75) is 45.8 Å². The summed E-state index contributed by atoms with van der Waals surface area (Å²) in [5, 5.41) is 3.98. The number of thiazole rings is 1. The molecular weight excluding hydrogens is 398 g/mol. The van der Waals surface area contributed by atoms with E-state index in [1.54, 1.807) is 25.7 Å². The zero-order valence-corrected chi connectivity index (χ0v) is 18.7. The highest BCUT2D eigenvalue weighted by atomic mass is 32.1. The van der Waals surface area contributed by atoms with E-state index in [9.17, 15) is 4.79 Å². The lowest BCUT2D eigenvalue weighted by Gasteiger charge is -2.17. The standard InChI is InChI=1S/C23H27N3O3S/c1-15(26-21(27)20-13-25-22(30-20)23(2,3)4)17-6-7-18(19(12-17)28-5)29-14-16-8-10-24-11-9-16/h6-13,15H,14H2,1-5H3,(H,26,27). The van der Waals surface area contributed by atoms with Crippen molar-refractivity contribution in [1.82, 2.24) is 15.3 Å². The molecule has 6 nitrogen and oxygen atoms in total. The van der Waals surface area contributed by atoms with Crippen LogP contribution in [0.2, 0.25) is 0 Å². The van der Waals surface area contributed by atoms with Crippen LogP contribution < -0.4 is 14.8 Å². The zero-order chi connectivity index (χ0) is 21.7. The van der Waals surface area contributed by atoms with Crippen LogP contribution in [-0.2, 0) is 12.0 Å². The number of nitrogens with zero attached hydrogens (tertiary/aromatic N) is 2. The lowest BCUT2D eigenvalue weighted by molar-refractivity contribution is 0.0943. The van der Waals surface area contributed by atoms with Gasteiger partial charge in [-0.15, -0.1) is 11.3 Å². The van der Waals surface area contributed by atoms with Gasteiger partial charge in [0.15, 0.2) is 11.5 Å². The SMILES string of the molecule is COc1cc(C(C)NC(=O)c2cnc(C(C)(C)C)s2)ccc1OCc1ccncc1. The summed E-state index contributed by atoms with van der Waals surface area (Å²) >= 11 is 1.43. The molecule has 0 saturated carbocycles. The second kappa shape index (κ2) is 9.26. The molecule has 1 N–H and O–H groups in total. The van der Waals surface area contributed by atoms with E-state index in [4.69, 9.17) is 9.47 Å². The topological polar surface area (TPSA) is 73.3 Å². The number of nitrogens with one attached hydrogen (secondary N) is 1. The Kier molecular flexibility index (Phi) is 6.72. The van der Waals surface area contributed by atoms with E-state index in [1.165, 1.54) is 11.3 Å². The van der Waals surface area contributed by atoms with Gasteiger partial charge < -0.3 is 14.8 Å². The van der Waals surface area contributed by atoms with Gasteiger partial charge in [-0.3, -0.25) is 9.78 Å². The Morgan fingerprint density at radius 3 is 2.53 bits per heavy atom. The summed E-state index contributed by atoms with van der Waals surface area (Å²) in [6.07, 6.45) is 5.11. The normalized spacial score (nSPS) is 12.3. The van der Waals surface area contributed by atoms with E-state index in [0.717, 1.165) is 16.1 Å². The van der Waals surface area contributed by atoms with Crippen LogP contribution in [0.5, 0.6) is 11.5 Å². The van der Waals surface area contributed by atoms with Crippen molar-refractivity contribution < 1.29 is 14.3 Å². The molecule has 2 aromatic heterocycles. The minimum absolute atomic E-state index is 0.0751. The van der Waals surface area contributed by atoms with Gasteiger partial charge in [0.1, 0.15) is 11.5 Å². The van der Waals surface area contributed by atoms with Crippen molar-refractivity contribution in [3.8, 4) is 11.5 Å². The number of hydrogen-bond donors (Lipinski definition) is 1. The van der Waals surface area contributed by atoms with Gasteiger partial charge in [-0.2, -0.15) is 0 Å². The molecule has 0 aliphatic carbocycles. The molecule has 0 aliphatic heterocycles. The first-order valence-electron chi connectivity index (χ1n) is 9.74. The van der Waals surface area contributed by atoms with Gasteiger partial charge in [-0.1, -0.05) is 26.8 Å².